The van der Waals surface area contributed by atoms with E-state index in [0.717, 1.165) is 38.5 Å². The minimum atomic E-state index is -1.57. The number of aliphatic hydroxyl groups excluding tert-OH is 5. The third kappa shape index (κ3) is 43.6. The summed E-state index contributed by atoms with van der Waals surface area (Å²) < 4.78 is 11.3. The molecule has 0 bridgehead atoms. The van der Waals surface area contributed by atoms with Gasteiger partial charge in [0.15, 0.2) is 6.29 Å². The molecule has 6 N–H and O–H groups in total. The van der Waals surface area contributed by atoms with E-state index in [4.69, 9.17) is 9.47 Å². The largest absolute Gasteiger partial charge is 0.394 e. The van der Waals surface area contributed by atoms with Crippen LogP contribution in [0.25, 0.3) is 0 Å². The highest BCUT2D eigenvalue weighted by Crippen LogP contribution is 2.23. The first-order valence-corrected chi connectivity index (χ1v) is 32.6. The Morgan fingerprint density at radius 2 is 0.770 bits per heavy atom. The molecule has 1 fully saturated rings. The summed E-state index contributed by atoms with van der Waals surface area (Å²) in [6.45, 7) is 3.82. The summed E-state index contributed by atoms with van der Waals surface area (Å²) in [6.07, 6.45) is 64.2. The second-order valence-corrected chi connectivity index (χ2v) is 22.9. The number of allylic oxidation sites excluding steroid dienone is 3. The highest BCUT2D eigenvalue weighted by atomic mass is 16.7. The Balaban J connectivity index is 2.18. The van der Waals surface area contributed by atoms with Gasteiger partial charge < -0.3 is 40.3 Å². The highest BCUT2D eigenvalue weighted by molar-refractivity contribution is 5.76. The van der Waals surface area contributed by atoms with Crippen LogP contribution in [0.4, 0.5) is 0 Å². The lowest BCUT2D eigenvalue weighted by Gasteiger charge is -2.40. The molecule has 7 atom stereocenters. The van der Waals surface area contributed by atoms with E-state index in [1.165, 1.54) is 270 Å². The lowest BCUT2D eigenvalue weighted by molar-refractivity contribution is -0.302. The van der Waals surface area contributed by atoms with E-state index in [-0.39, 0.29) is 12.5 Å². The number of unbranched alkanes of at least 4 members (excludes halogenated alkanes) is 45. The van der Waals surface area contributed by atoms with Crippen LogP contribution in [0.5, 0.6) is 0 Å². The van der Waals surface area contributed by atoms with Crippen LogP contribution < -0.4 is 5.32 Å². The molecule has 1 heterocycles. The van der Waals surface area contributed by atoms with Crippen molar-refractivity contribution in [1.82, 2.24) is 5.32 Å². The molecule has 0 aliphatic carbocycles. The van der Waals surface area contributed by atoms with Gasteiger partial charge in [0, 0.05) is 6.42 Å². The van der Waals surface area contributed by atoms with Crippen LogP contribution in [0.3, 0.4) is 0 Å². The Morgan fingerprint density at radius 1 is 0.446 bits per heavy atom. The maximum Gasteiger partial charge on any atom is 0.220 e. The fourth-order valence-electron chi connectivity index (χ4n) is 10.6. The zero-order chi connectivity index (χ0) is 53.6. The van der Waals surface area contributed by atoms with Crippen molar-refractivity contribution in [3.8, 4) is 0 Å². The minimum Gasteiger partial charge on any atom is -0.394 e. The Morgan fingerprint density at radius 3 is 1.14 bits per heavy atom. The van der Waals surface area contributed by atoms with Gasteiger partial charge in [0.05, 0.1) is 25.4 Å². The van der Waals surface area contributed by atoms with Gasteiger partial charge in [-0.2, -0.15) is 0 Å². The van der Waals surface area contributed by atoms with E-state index >= 15 is 0 Å². The molecule has 0 spiro atoms. The molecule has 0 aromatic carbocycles. The Kier molecular flexibility index (Phi) is 52.5. The van der Waals surface area contributed by atoms with Gasteiger partial charge in [-0.25, -0.2) is 0 Å². The van der Waals surface area contributed by atoms with Crippen LogP contribution in [-0.4, -0.2) is 87.5 Å². The number of aliphatic hydroxyl groups is 5. The van der Waals surface area contributed by atoms with Crippen LogP contribution in [0.1, 0.15) is 328 Å². The minimum absolute atomic E-state index is 0.179. The van der Waals surface area contributed by atoms with Crippen molar-refractivity contribution in [3.05, 3.63) is 24.3 Å². The Labute approximate surface area is 458 Å². The first-order chi connectivity index (χ1) is 36.3. The molecule has 0 radical (unpaired) electrons. The van der Waals surface area contributed by atoms with Crippen LogP contribution >= 0.6 is 0 Å². The van der Waals surface area contributed by atoms with Crippen molar-refractivity contribution in [3.63, 3.8) is 0 Å². The SMILES string of the molecule is CCCCCCCCCCCCCCCCCCCCCCCCC/C=C/CC/C=C/C(O)C(COC1OC(CO)C(O)C(O)C1O)NC(=O)CCCCCCCCCCCCCCCCCCCCCCCC. The van der Waals surface area contributed by atoms with Gasteiger partial charge in [-0.05, 0) is 32.1 Å². The van der Waals surface area contributed by atoms with Gasteiger partial charge >= 0.3 is 0 Å². The second kappa shape index (κ2) is 55.0. The number of carbonyl (C=O) groups excluding carboxylic acids is 1. The summed E-state index contributed by atoms with van der Waals surface area (Å²) in [5.74, 6) is -0.179. The van der Waals surface area contributed by atoms with Crippen LogP contribution in [0.15, 0.2) is 24.3 Å². The maximum atomic E-state index is 13.1. The predicted molar refractivity (Wildman–Crippen MR) is 314 cm³/mol. The molecule has 0 aromatic heterocycles. The van der Waals surface area contributed by atoms with E-state index in [2.05, 4.69) is 31.3 Å². The topological polar surface area (TPSA) is 149 Å². The maximum absolute atomic E-state index is 13.1. The van der Waals surface area contributed by atoms with Gasteiger partial charge in [0.25, 0.3) is 0 Å². The van der Waals surface area contributed by atoms with Gasteiger partial charge in [-0.1, -0.05) is 314 Å². The van der Waals surface area contributed by atoms with E-state index < -0.39 is 49.5 Å². The molecule has 74 heavy (non-hydrogen) atoms. The smallest absolute Gasteiger partial charge is 0.220 e. The molecular formula is C65H125NO8. The molecule has 9 nitrogen and oxygen atoms in total. The van der Waals surface area contributed by atoms with Crippen LogP contribution in [-0.2, 0) is 14.3 Å². The number of amides is 1. The Hall–Kier alpha value is -1.33. The molecule has 1 rings (SSSR count). The molecule has 0 aromatic rings. The van der Waals surface area contributed by atoms with Crippen molar-refractivity contribution < 1.29 is 39.8 Å². The summed E-state index contributed by atoms with van der Waals surface area (Å²) in [6, 6.07) is -0.819. The molecule has 1 saturated heterocycles. The van der Waals surface area contributed by atoms with Crippen molar-refractivity contribution in [2.75, 3.05) is 13.2 Å². The predicted octanol–water partition coefficient (Wildman–Crippen LogP) is 16.9. The summed E-state index contributed by atoms with van der Waals surface area (Å²) >= 11 is 0. The lowest BCUT2D eigenvalue weighted by atomic mass is 9.99. The van der Waals surface area contributed by atoms with Crippen molar-refractivity contribution in [1.29, 1.82) is 0 Å². The first kappa shape index (κ1) is 70.7. The van der Waals surface area contributed by atoms with Crippen molar-refractivity contribution in [2.24, 2.45) is 0 Å². The van der Waals surface area contributed by atoms with Gasteiger partial charge in [-0.3, -0.25) is 4.79 Å². The number of nitrogens with one attached hydrogen (secondary N) is 1. The molecule has 1 aliphatic rings. The number of carbonyl (C=O) groups is 1. The van der Waals surface area contributed by atoms with Gasteiger partial charge in [-0.15, -0.1) is 0 Å². The number of ether oxygens (including phenoxy) is 2. The quantitative estimate of drug-likeness (QED) is 0.0261. The molecule has 1 amide bonds. The standard InChI is InChI=1S/C65H125NO8/c1-3-5-7-9-11-13-15-17-19-21-23-25-27-28-29-30-31-32-33-34-36-38-40-42-44-46-48-50-52-54-59(68)58(57-73-65-64(72)63(71)62(70)60(56-67)74-65)66-61(69)55-53-51-49-47-45-43-41-39-37-35-26-24-22-20-18-16-14-12-10-8-6-4-2/h44,46,52,54,58-60,62-65,67-68,70-72H,3-43,45,47-51,53,55-57H2,1-2H3,(H,66,69)/b46-44+,54-52+. The van der Waals surface area contributed by atoms with E-state index in [1.807, 2.05) is 6.08 Å². The second-order valence-electron chi connectivity index (χ2n) is 22.9. The van der Waals surface area contributed by atoms with Crippen molar-refractivity contribution in [2.45, 2.75) is 371 Å². The monoisotopic (exact) mass is 1050 g/mol. The average Bonchev–Trinajstić information content (AvgIpc) is 3.40. The highest BCUT2D eigenvalue weighted by Gasteiger charge is 2.44. The molecule has 438 valence electrons. The van der Waals surface area contributed by atoms with Gasteiger partial charge in [0.1, 0.15) is 24.4 Å². The van der Waals surface area contributed by atoms with Gasteiger partial charge in [0.2, 0.25) is 5.91 Å². The molecule has 9 heteroatoms. The fraction of sp³-hybridized carbons (Fsp3) is 0.923. The number of hydrogen-bond acceptors (Lipinski definition) is 8. The lowest BCUT2D eigenvalue weighted by Crippen LogP contribution is -2.60. The molecule has 1 aliphatic heterocycles. The normalized spacial score (nSPS) is 19.0. The van der Waals surface area contributed by atoms with Crippen LogP contribution in [0.2, 0.25) is 0 Å². The first-order valence-electron chi connectivity index (χ1n) is 32.6. The Bertz CT molecular complexity index is 1210. The zero-order valence-electron chi connectivity index (χ0n) is 48.9. The fourth-order valence-corrected chi connectivity index (χ4v) is 10.6. The summed E-state index contributed by atoms with van der Waals surface area (Å²) in [5, 5.41) is 54.6. The zero-order valence-corrected chi connectivity index (χ0v) is 48.9. The number of rotatable bonds is 57. The average molecular weight is 1050 g/mol. The third-order valence-electron chi connectivity index (χ3n) is 15.8. The third-order valence-corrected chi connectivity index (χ3v) is 15.8. The van der Waals surface area contributed by atoms with E-state index in [9.17, 15) is 30.3 Å². The summed E-state index contributed by atoms with van der Waals surface area (Å²) in [4.78, 5) is 13.1. The number of hydrogen-bond donors (Lipinski definition) is 6. The van der Waals surface area contributed by atoms with Crippen molar-refractivity contribution >= 4 is 5.91 Å². The van der Waals surface area contributed by atoms with Crippen LogP contribution in [0, 0.1) is 0 Å². The molecule has 7 unspecified atom stereocenters. The van der Waals surface area contributed by atoms with E-state index in [1.54, 1.807) is 6.08 Å². The molecular weight excluding hydrogens is 923 g/mol. The summed E-state index contributed by atoms with van der Waals surface area (Å²) in [7, 11) is 0. The molecule has 0 saturated carbocycles. The van der Waals surface area contributed by atoms with E-state index in [0.29, 0.717) is 6.42 Å². The summed E-state index contributed by atoms with van der Waals surface area (Å²) in [5.41, 5.74) is 0.